The van der Waals surface area contributed by atoms with Crippen LogP contribution in [0.25, 0.3) is 0 Å². The highest BCUT2D eigenvalue weighted by Gasteiger charge is 2.51. The summed E-state index contributed by atoms with van der Waals surface area (Å²) in [7, 11) is 0. The first-order chi connectivity index (χ1) is 22.4. The number of benzene rings is 4. The van der Waals surface area contributed by atoms with Gasteiger partial charge >= 0.3 is 9.95 Å². The smallest absolute Gasteiger partial charge is 0.372 e. The van der Waals surface area contributed by atoms with E-state index in [2.05, 4.69) is 13.8 Å². The average molecular weight is 737 g/mol. The zero-order valence-corrected chi connectivity index (χ0v) is 27.9. The van der Waals surface area contributed by atoms with Gasteiger partial charge in [0.25, 0.3) is 0 Å². The van der Waals surface area contributed by atoms with E-state index in [-0.39, 0.29) is 18.4 Å². The largest absolute Gasteiger partial charge is 0.461 e. The minimum absolute atomic E-state index is 0.00594. The molecule has 0 aromatic heterocycles. The Morgan fingerprint density at radius 2 is 1.30 bits per heavy atom. The Kier molecular flexibility index (Phi) is 12.2. The molecular formula is C37H37IO8. The highest BCUT2D eigenvalue weighted by Crippen LogP contribution is 2.38. The molecule has 0 bridgehead atoms. The summed E-state index contributed by atoms with van der Waals surface area (Å²) in [5.41, 5.74) is 2.47. The molecule has 5 rings (SSSR count). The molecule has 1 saturated heterocycles. The first-order valence-corrected chi connectivity index (χ1v) is 16.3. The fourth-order valence-corrected chi connectivity index (χ4v) is 5.75. The van der Waals surface area contributed by atoms with Crippen LogP contribution in [-0.2, 0) is 32.2 Å². The molecule has 0 amide bonds. The van der Waals surface area contributed by atoms with Gasteiger partial charge < -0.3 is 28.4 Å². The van der Waals surface area contributed by atoms with Crippen molar-refractivity contribution in [3.05, 3.63) is 132 Å². The quantitative estimate of drug-likeness (QED) is 0.0775. The Bertz CT molecular complexity index is 1520. The van der Waals surface area contributed by atoms with Crippen molar-refractivity contribution in [3.8, 4) is 11.5 Å². The van der Waals surface area contributed by atoms with Gasteiger partial charge in [0.1, 0.15) is 17.6 Å². The molecule has 1 heterocycles. The molecule has 0 N–H and O–H groups in total. The van der Waals surface area contributed by atoms with Crippen LogP contribution in [0.4, 0.5) is 4.79 Å². The van der Waals surface area contributed by atoms with Crippen LogP contribution in [0.3, 0.4) is 0 Å². The van der Waals surface area contributed by atoms with E-state index in [1.807, 2.05) is 66.7 Å². The molecule has 1 aliphatic rings. The van der Waals surface area contributed by atoms with Crippen molar-refractivity contribution in [2.45, 2.75) is 51.7 Å². The van der Waals surface area contributed by atoms with Crippen LogP contribution in [0, 0.1) is 11.8 Å². The van der Waals surface area contributed by atoms with E-state index in [0.717, 1.165) is 11.1 Å². The zero-order valence-electron chi connectivity index (χ0n) is 25.7. The Labute approximate surface area is 283 Å². The Hall–Kier alpha value is -3.77. The summed E-state index contributed by atoms with van der Waals surface area (Å²) in [5, 5.41) is 0. The molecule has 5 atom stereocenters. The number of rotatable bonds is 13. The van der Waals surface area contributed by atoms with E-state index < -0.39 is 34.5 Å². The maximum Gasteiger partial charge on any atom is 0.372 e. The number of hydrogen-bond donors (Lipinski definition) is 0. The second-order valence-corrected chi connectivity index (χ2v) is 12.2. The predicted octanol–water partition coefficient (Wildman–Crippen LogP) is 8.02. The molecule has 4 aromatic carbocycles. The molecule has 0 spiro atoms. The molecule has 5 unspecified atom stereocenters. The van der Waals surface area contributed by atoms with Crippen molar-refractivity contribution in [1.82, 2.24) is 0 Å². The fraction of sp³-hybridized carbons (Fsp3) is 0.297. The molecule has 4 aromatic rings. The summed E-state index contributed by atoms with van der Waals surface area (Å²) in [6.45, 7) is 5.11. The van der Waals surface area contributed by atoms with Gasteiger partial charge in [0.15, 0.2) is 6.10 Å². The summed E-state index contributed by atoms with van der Waals surface area (Å²) >= 11 is 1.57. The van der Waals surface area contributed by atoms with Crippen molar-refractivity contribution >= 4 is 32.5 Å². The normalized spacial score (nSPS) is 21.0. The third kappa shape index (κ3) is 9.38. The summed E-state index contributed by atoms with van der Waals surface area (Å²) in [6, 6.07) is 35.3. The first kappa shape index (κ1) is 33.6. The molecule has 9 heteroatoms. The topological polar surface area (TPSA) is 89.5 Å². The second kappa shape index (κ2) is 16.7. The van der Waals surface area contributed by atoms with Crippen molar-refractivity contribution in [1.29, 1.82) is 0 Å². The molecule has 0 saturated carbocycles. The summed E-state index contributed by atoms with van der Waals surface area (Å²) in [5.74, 6) is 0.0311. The highest BCUT2D eigenvalue weighted by atomic mass is 127. The van der Waals surface area contributed by atoms with E-state index in [1.54, 1.807) is 71.1 Å². The Morgan fingerprint density at radius 3 is 1.89 bits per heavy atom. The van der Waals surface area contributed by atoms with Gasteiger partial charge in [0, 0.05) is 5.92 Å². The SMILES string of the molecule is CC(C)C1C(OCc2ccccc2)C(COCc2ccccc2)OC(Oc2ccc(OC(=O)I)cc2)C1OC(=O)c1ccccc1. The van der Waals surface area contributed by atoms with Gasteiger partial charge in [-0.1, -0.05) is 92.7 Å². The number of ether oxygens (including phenoxy) is 6. The molecule has 0 aliphatic carbocycles. The van der Waals surface area contributed by atoms with Gasteiger partial charge in [-0.15, -0.1) is 0 Å². The van der Waals surface area contributed by atoms with E-state index in [0.29, 0.717) is 30.3 Å². The molecule has 240 valence electrons. The number of carbonyl (C=O) groups excluding carboxylic acids is 2. The van der Waals surface area contributed by atoms with E-state index in [1.165, 1.54) is 0 Å². The predicted molar refractivity (Wildman–Crippen MR) is 181 cm³/mol. The number of carbonyl (C=O) groups is 2. The van der Waals surface area contributed by atoms with E-state index in [4.69, 9.17) is 28.4 Å². The average Bonchev–Trinajstić information content (AvgIpc) is 3.06. The van der Waals surface area contributed by atoms with Gasteiger partial charge in [0.05, 0.1) is 54.1 Å². The van der Waals surface area contributed by atoms with Crippen molar-refractivity contribution in [3.63, 3.8) is 0 Å². The van der Waals surface area contributed by atoms with Crippen LogP contribution < -0.4 is 9.47 Å². The lowest BCUT2D eigenvalue weighted by Gasteiger charge is -2.47. The van der Waals surface area contributed by atoms with Crippen LogP contribution in [0.15, 0.2) is 115 Å². The maximum absolute atomic E-state index is 13.5. The summed E-state index contributed by atoms with van der Waals surface area (Å²) < 4.78 is 36.8. The van der Waals surface area contributed by atoms with Crippen LogP contribution in [0.5, 0.6) is 11.5 Å². The minimum atomic E-state index is -0.986. The summed E-state index contributed by atoms with van der Waals surface area (Å²) in [6.07, 6.45) is -2.85. The van der Waals surface area contributed by atoms with Crippen molar-refractivity contribution < 1.29 is 38.0 Å². The molecule has 1 fully saturated rings. The molecular weight excluding hydrogens is 699 g/mol. The number of esters is 1. The van der Waals surface area contributed by atoms with Crippen molar-refractivity contribution in [2.75, 3.05) is 6.61 Å². The van der Waals surface area contributed by atoms with Gasteiger partial charge in [-0.2, -0.15) is 0 Å². The lowest BCUT2D eigenvalue weighted by molar-refractivity contribution is -0.282. The number of halogens is 1. The van der Waals surface area contributed by atoms with Gasteiger partial charge in [-0.25, -0.2) is 9.59 Å². The second-order valence-electron chi connectivity index (χ2n) is 11.3. The lowest BCUT2D eigenvalue weighted by Crippen LogP contribution is -2.60. The highest BCUT2D eigenvalue weighted by molar-refractivity contribution is 14.1. The Morgan fingerprint density at radius 1 is 0.739 bits per heavy atom. The van der Waals surface area contributed by atoms with E-state index in [9.17, 15) is 9.59 Å². The number of hydrogen-bond acceptors (Lipinski definition) is 8. The van der Waals surface area contributed by atoms with Crippen LogP contribution >= 0.6 is 22.6 Å². The van der Waals surface area contributed by atoms with Gasteiger partial charge in [0.2, 0.25) is 6.29 Å². The summed E-state index contributed by atoms with van der Waals surface area (Å²) in [4.78, 5) is 24.9. The zero-order chi connectivity index (χ0) is 32.3. The standard InChI is InChI=1S/C37H37IO8/c1-25(2)32-33(42-23-27-14-8-4-9-15-27)31(24-41-22-26-12-6-3-7-13-26)45-36(34(32)46-35(39)28-16-10-5-11-17-28)43-29-18-20-30(21-19-29)44-37(38)40/h3-21,25,31-34,36H,22-24H2,1-2H3. The Balaban J connectivity index is 1.45. The lowest BCUT2D eigenvalue weighted by atomic mass is 9.80. The van der Waals surface area contributed by atoms with Crippen LogP contribution in [-0.4, -0.2) is 41.2 Å². The molecule has 46 heavy (non-hydrogen) atoms. The van der Waals surface area contributed by atoms with E-state index >= 15 is 0 Å². The fourth-order valence-electron chi connectivity index (χ4n) is 5.50. The minimum Gasteiger partial charge on any atom is -0.461 e. The third-order valence-corrected chi connectivity index (χ3v) is 7.90. The third-order valence-electron chi connectivity index (χ3n) is 7.68. The van der Waals surface area contributed by atoms with Gasteiger partial charge in [-0.05, 0) is 53.4 Å². The molecule has 8 nitrogen and oxygen atoms in total. The molecule has 0 radical (unpaired) electrons. The van der Waals surface area contributed by atoms with Crippen LogP contribution in [0.1, 0.15) is 35.3 Å². The van der Waals surface area contributed by atoms with Crippen molar-refractivity contribution in [2.24, 2.45) is 11.8 Å². The van der Waals surface area contributed by atoms with Crippen LogP contribution in [0.2, 0.25) is 0 Å². The molecule has 1 aliphatic heterocycles. The monoisotopic (exact) mass is 736 g/mol. The first-order valence-electron chi connectivity index (χ1n) is 15.2. The maximum atomic E-state index is 13.5. The van der Waals surface area contributed by atoms with Gasteiger partial charge in [-0.3, -0.25) is 0 Å².